The van der Waals surface area contributed by atoms with Crippen molar-refractivity contribution in [3.8, 4) is 0 Å². The summed E-state index contributed by atoms with van der Waals surface area (Å²) in [6.45, 7) is 8.36. The Morgan fingerprint density at radius 3 is 2.55 bits per heavy atom. The fourth-order valence-corrected chi connectivity index (χ4v) is 4.62. The summed E-state index contributed by atoms with van der Waals surface area (Å²) in [5, 5.41) is 42.6. The van der Waals surface area contributed by atoms with Gasteiger partial charge < -0.3 is 30.5 Å². The van der Waals surface area contributed by atoms with Gasteiger partial charge in [-0.15, -0.1) is 0 Å². The molecule has 182 valence electrons. The van der Waals surface area contributed by atoms with Gasteiger partial charge in [-0.3, -0.25) is 9.69 Å². The van der Waals surface area contributed by atoms with Crippen molar-refractivity contribution in [2.45, 2.75) is 95.8 Å². The van der Waals surface area contributed by atoms with E-state index >= 15 is 0 Å². The molecule has 9 heteroatoms. The van der Waals surface area contributed by atoms with Gasteiger partial charge in [-0.05, 0) is 37.3 Å². The van der Waals surface area contributed by atoms with Crippen molar-refractivity contribution in [1.29, 1.82) is 0 Å². The van der Waals surface area contributed by atoms with Gasteiger partial charge in [0.2, 0.25) is 5.91 Å². The Kier molecular flexibility index (Phi) is 14.1. The van der Waals surface area contributed by atoms with Gasteiger partial charge in [0, 0.05) is 46.9 Å². The fourth-order valence-electron chi connectivity index (χ4n) is 4.62. The predicted octanol–water partition coefficient (Wildman–Crippen LogP) is 0.424. The van der Waals surface area contributed by atoms with E-state index in [0.717, 1.165) is 32.4 Å². The van der Waals surface area contributed by atoms with E-state index in [4.69, 9.17) is 4.74 Å². The Labute approximate surface area is 219 Å². The van der Waals surface area contributed by atoms with E-state index < -0.39 is 30.5 Å². The number of β-amino-alcohol motifs (C(OH)–C–C–N with tert-alkyl or cyclic N) is 1. The number of hydrogen-bond acceptors (Lipinski definition) is 7. The van der Waals surface area contributed by atoms with Gasteiger partial charge in [-0.2, -0.15) is 6.61 Å². The van der Waals surface area contributed by atoms with E-state index in [0.29, 0.717) is 12.5 Å². The number of nitrogens with one attached hydrogen (secondary N) is 1. The average molecular weight is 580 g/mol. The van der Waals surface area contributed by atoms with Crippen LogP contribution in [0.1, 0.15) is 59.3 Å². The van der Waals surface area contributed by atoms with Crippen molar-refractivity contribution in [3.63, 3.8) is 0 Å². The molecule has 2 heterocycles. The van der Waals surface area contributed by atoms with Crippen LogP contribution in [0.2, 0.25) is 0 Å². The molecule has 0 unspecified atom stereocenters. The van der Waals surface area contributed by atoms with E-state index in [1.54, 1.807) is 0 Å². The summed E-state index contributed by atoms with van der Waals surface area (Å²) in [5.41, 5.74) is 0. The molecule has 2 rings (SSSR count). The van der Waals surface area contributed by atoms with Crippen molar-refractivity contribution in [2.24, 2.45) is 11.8 Å². The number of likely N-dealkylation sites (tertiary alicyclic amines) is 1. The van der Waals surface area contributed by atoms with Crippen LogP contribution in [0.5, 0.6) is 0 Å². The number of aliphatic hydroxyl groups is 4. The van der Waals surface area contributed by atoms with Crippen molar-refractivity contribution in [1.82, 2.24) is 10.2 Å². The molecule has 0 aromatic heterocycles. The number of amides is 1. The smallest absolute Gasteiger partial charge is 0.237 e. The maximum Gasteiger partial charge on any atom is 0.237 e. The van der Waals surface area contributed by atoms with Gasteiger partial charge in [-0.25, -0.2) is 0 Å². The maximum atomic E-state index is 13.3. The molecule has 31 heavy (non-hydrogen) atoms. The second kappa shape index (κ2) is 14.7. The number of piperidine rings is 1. The van der Waals surface area contributed by atoms with Crippen LogP contribution in [0.3, 0.4) is 0 Å². The standard InChI is InChI=1S/C22H41N2O6.Sm/c1-4-5-6-7-15-8-9-24(10-11-25)16(12-15)22(29)23-18(14(2)3)21-20(28)19(27)17(26)13-30-21;/h13-21,25-28H,4-12H2,1-3H3,(H,23,29);/q-1;/t15-,16+,17+,18-,19-,20-,21-;/m1./s1. The summed E-state index contributed by atoms with van der Waals surface area (Å²) in [4.78, 5) is 15.3. The first-order valence-electron chi connectivity index (χ1n) is 11.5. The zero-order valence-electron chi connectivity index (χ0n) is 19.0. The molecule has 8 nitrogen and oxygen atoms in total. The molecule has 1 amide bonds. The van der Waals surface area contributed by atoms with Gasteiger partial charge in [-0.1, -0.05) is 46.5 Å². The minimum atomic E-state index is -1.36. The summed E-state index contributed by atoms with van der Waals surface area (Å²) in [7, 11) is 0. The Hall–Kier alpha value is 0.568. The minimum absolute atomic E-state index is 0. The van der Waals surface area contributed by atoms with Crippen LogP contribution in [0, 0.1) is 58.8 Å². The summed E-state index contributed by atoms with van der Waals surface area (Å²) < 4.78 is 5.49. The molecule has 0 aromatic rings. The van der Waals surface area contributed by atoms with Crippen LogP contribution in [0.25, 0.3) is 0 Å². The molecule has 0 spiro atoms. The minimum Gasteiger partial charge on any atom is -0.544 e. The number of carbonyl (C=O) groups is 1. The fraction of sp³-hybridized carbons (Fsp3) is 0.909. The third-order valence-corrected chi connectivity index (χ3v) is 6.52. The van der Waals surface area contributed by atoms with Gasteiger partial charge in [0.15, 0.2) is 0 Å². The molecule has 0 aliphatic carbocycles. The third kappa shape index (κ3) is 8.38. The van der Waals surface area contributed by atoms with E-state index in [1.165, 1.54) is 19.3 Å². The quantitative estimate of drug-likeness (QED) is 0.188. The van der Waals surface area contributed by atoms with Crippen LogP contribution in [-0.4, -0.2) is 87.4 Å². The number of unbranched alkanes of at least 4 members (excludes halogenated alkanes) is 2. The summed E-state index contributed by atoms with van der Waals surface area (Å²) >= 11 is 0. The zero-order valence-corrected chi connectivity index (χ0v) is 21.6. The predicted molar refractivity (Wildman–Crippen MR) is 113 cm³/mol. The summed E-state index contributed by atoms with van der Waals surface area (Å²) in [5.74, 6) is 0.292. The molecular weight excluding hydrogens is 539 g/mol. The van der Waals surface area contributed by atoms with Crippen LogP contribution in [-0.2, 0) is 9.53 Å². The molecule has 2 aliphatic heterocycles. The summed E-state index contributed by atoms with van der Waals surface area (Å²) in [6, 6.07) is -0.860. The van der Waals surface area contributed by atoms with Crippen LogP contribution < -0.4 is 5.32 Å². The second-order valence-corrected chi connectivity index (χ2v) is 9.15. The number of aliphatic hydroxyl groups excluding tert-OH is 4. The molecule has 2 saturated heterocycles. The molecule has 7 atom stereocenters. The Bertz CT molecular complexity index is 526. The van der Waals surface area contributed by atoms with E-state index in [2.05, 4.69) is 12.2 Å². The second-order valence-electron chi connectivity index (χ2n) is 9.15. The monoisotopic (exact) mass is 581 g/mol. The van der Waals surface area contributed by atoms with Crippen molar-refractivity contribution in [3.05, 3.63) is 6.61 Å². The van der Waals surface area contributed by atoms with Crippen molar-refractivity contribution in [2.75, 3.05) is 19.7 Å². The number of nitrogens with zero attached hydrogens (tertiary/aromatic N) is 1. The first-order chi connectivity index (χ1) is 14.3. The number of rotatable bonds is 10. The molecule has 2 aliphatic rings. The van der Waals surface area contributed by atoms with Crippen LogP contribution in [0.4, 0.5) is 0 Å². The molecule has 0 bridgehead atoms. The SMILES string of the molecule is CCCCC[C@@H]1CCN(CCO)[C@H](C(=O)N[C@H](C(C)C)[C@H]2O[CH-][C@H](O)[C@@H](O)[C@H]2O)C1.[Sm]. The van der Waals surface area contributed by atoms with Gasteiger partial charge in [0.05, 0.1) is 30.9 Å². The van der Waals surface area contributed by atoms with Gasteiger partial charge >= 0.3 is 0 Å². The Morgan fingerprint density at radius 2 is 1.94 bits per heavy atom. The van der Waals surface area contributed by atoms with E-state index in [-0.39, 0.29) is 64.9 Å². The number of hydrogen-bond donors (Lipinski definition) is 5. The van der Waals surface area contributed by atoms with E-state index in [9.17, 15) is 25.2 Å². The molecule has 2 fully saturated rings. The molecule has 0 saturated carbocycles. The first-order valence-corrected chi connectivity index (χ1v) is 11.5. The van der Waals surface area contributed by atoms with Gasteiger partial charge in [0.1, 0.15) is 6.10 Å². The van der Waals surface area contributed by atoms with Gasteiger partial charge in [0.25, 0.3) is 0 Å². The zero-order chi connectivity index (χ0) is 22.3. The summed E-state index contributed by atoms with van der Waals surface area (Å²) in [6.07, 6.45) is 1.67. The topological polar surface area (TPSA) is 122 Å². The Morgan fingerprint density at radius 1 is 1.23 bits per heavy atom. The van der Waals surface area contributed by atoms with Crippen LogP contribution >= 0.6 is 0 Å². The van der Waals surface area contributed by atoms with Crippen molar-refractivity contribution < 1.29 is 70.3 Å². The van der Waals surface area contributed by atoms with Crippen LogP contribution in [0.15, 0.2) is 0 Å². The maximum absolute atomic E-state index is 13.3. The molecule has 0 aromatic carbocycles. The molecule has 0 radical (unpaired) electrons. The number of carbonyl (C=O) groups excluding carboxylic acids is 1. The van der Waals surface area contributed by atoms with E-state index in [1.807, 2.05) is 18.7 Å². The average Bonchev–Trinajstić information content (AvgIpc) is 2.72. The number of ether oxygens (including phenoxy) is 1. The normalized spacial score (nSPS) is 33.0. The molecular formula is C22H41N2O6Sm-. The third-order valence-electron chi connectivity index (χ3n) is 6.52. The first kappa shape index (κ1) is 29.6. The largest absolute Gasteiger partial charge is 0.544 e. The molecule has 5 N–H and O–H groups in total. The Balaban J connectivity index is 0.00000480. The van der Waals surface area contributed by atoms with Crippen molar-refractivity contribution >= 4 is 5.91 Å².